The van der Waals surface area contributed by atoms with Crippen LogP contribution in [0.1, 0.15) is 11.7 Å². The fourth-order valence-electron chi connectivity index (χ4n) is 2.49. The Hall–Kier alpha value is -2.00. The number of nitrogens with zero attached hydrogens (tertiary/aromatic N) is 4. The molecule has 24 heavy (non-hydrogen) atoms. The van der Waals surface area contributed by atoms with Crippen molar-refractivity contribution in [3.05, 3.63) is 40.2 Å². The zero-order valence-corrected chi connectivity index (χ0v) is 14.7. The van der Waals surface area contributed by atoms with Gasteiger partial charge in [0.05, 0.1) is 12.2 Å². The van der Waals surface area contributed by atoms with Crippen LogP contribution in [0.5, 0.6) is 0 Å². The maximum Gasteiger partial charge on any atom is 0.321 e. The van der Waals surface area contributed by atoms with Gasteiger partial charge in [0.15, 0.2) is 5.82 Å². The van der Waals surface area contributed by atoms with E-state index in [1.807, 2.05) is 0 Å². The summed E-state index contributed by atoms with van der Waals surface area (Å²) < 4.78 is 18.7. The van der Waals surface area contributed by atoms with E-state index in [-0.39, 0.29) is 11.8 Å². The Bertz CT molecular complexity index is 730. The van der Waals surface area contributed by atoms with Crippen molar-refractivity contribution in [3.8, 4) is 0 Å². The van der Waals surface area contributed by atoms with Crippen LogP contribution in [-0.2, 0) is 6.54 Å². The van der Waals surface area contributed by atoms with Crippen molar-refractivity contribution >= 4 is 27.6 Å². The highest BCUT2D eigenvalue weighted by Gasteiger charge is 2.22. The van der Waals surface area contributed by atoms with Crippen LogP contribution >= 0.6 is 15.9 Å². The Balaban J connectivity index is 1.51. The molecular weight excluding hydrogens is 381 g/mol. The lowest BCUT2D eigenvalue weighted by Gasteiger charge is -2.33. The maximum absolute atomic E-state index is 13.1. The van der Waals surface area contributed by atoms with Crippen molar-refractivity contribution in [2.75, 3.05) is 31.5 Å². The lowest BCUT2D eigenvalue weighted by Crippen LogP contribution is -2.49. The average molecular weight is 398 g/mol. The van der Waals surface area contributed by atoms with Crippen LogP contribution in [0.3, 0.4) is 0 Å². The van der Waals surface area contributed by atoms with E-state index in [9.17, 15) is 9.18 Å². The monoisotopic (exact) mass is 397 g/mol. The number of benzene rings is 1. The summed E-state index contributed by atoms with van der Waals surface area (Å²) >= 11 is 3.24. The van der Waals surface area contributed by atoms with Gasteiger partial charge in [-0.15, -0.1) is 0 Å². The van der Waals surface area contributed by atoms with Crippen molar-refractivity contribution in [1.29, 1.82) is 0 Å². The predicted molar refractivity (Wildman–Crippen MR) is 89.0 cm³/mol. The van der Waals surface area contributed by atoms with Crippen molar-refractivity contribution < 1.29 is 13.7 Å². The third kappa shape index (κ3) is 4.09. The summed E-state index contributed by atoms with van der Waals surface area (Å²) in [7, 11) is 0. The molecule has 1 aliphatic heterocycles. The van der Waals surface area contributed by atoms with Crippen LogP contribution < -0.4 is 5.32 Å². The number of hydrogen-bond donors (Lipinski definition) is 1. The molecule has 128 valence electrons. The van der Waals surface area contributed by atoms with Gasteiger partial charge in [0.1, 0.15) is 5.82 Å². The number of carbonyl (C=O) groups is 1. The lowest BCUT2D eigenvalue weighted by molar-refractivity contribution is 0.133. The summed E-state index contributed by atoms with van der Waals surface area (Å²) in [5, 5.41) is 6.56. The number of aryl methyl sites for hydroxylation is 1. The number of urea groups is 1. The van der Waals surface area contributed by atoms with E-state index < -0.39 is 0 Å². The minimum absolute atomic E-state index is 0.199. The van der Waals surface area contributed by atoms with Gasteiger partial charge in [-0.2, -0.15) is 4.98 Å². The molecule has 0 atom stereocenters. The van der Waals surface area contributed by atoms with Gasteiger partial charge in [0.25, 0.3) is 0 Å². The molecule has 0 aliphatic carbocycles. The Labute approximate surface area is 146 Å². The summed E-state index contributed by atoms with van der Waals surface area (Å²) in [5.74, 6) is 0.846. The van der Waals surface area contributed by atoms with Gasteiger partial charge in [-0.25, -0.2) is 9.18 Å². The van der Waals surface area contributed by atoms with Gasteiger partial charge < -0.3 is 14.7 Å². The fourth-order valence-corrected chi connectivity index (χ4v) is 2.94. The van der Waals surface area contributed by atoms with Crippen molar-refractivity contribution in [2.45, 2.75) is 13.5 Å². The summed E-state index contributed by atoms with van der Waals surface area (Å²) in [6.45, 7) is 5.00. The van der Waals surface area contributed by atoms with E-state index in [2.05, 4.69) is 36.3 Å². The molecule has 1 aromatic carbocycles. The first-order valence-corrected chi connectivity index (χ1v) is 8.33. The van der Waals surface area contributed by atoms with E-state index in [1.54, 1.807) is 11.8 Å². The highest BCUT2D eigenvalue weighted by molar-refractivity contribution is 9.10. The first kappa shape index (κ1) is 16.8. The summed E-state index contributed by atoms with van der Waals surface area (Å²) in [5.41, 5.74) is 0.546. The zero-order valence-electron chi connectivity index (χ0n) is 13.1. The normalized spacial score (nSPS) is 15.5. The van der Waals surface area contributed by atoms with Gasteiger partial charge in [-0.05, 0) is 41.1 Å². The largest absolute Gasteiger partial charge is 0.338 e. The van der Waals surface area contributed by atoms with E-state index >= 15 is 0 Å². The first-order valence-electron chi connectivity index (χ1n) is 7.54. The molecular formula is C15H17BrFN5O2. The molecule has 3 rings (SSSR count). The second-order valence-corrected chi connectivity index (χ2v) is 6.41. The van der Waals surface area contributed by atoms with Crippen LogP contribution in [0.4, 0.5) is 14.9 Å². The summed E-state index contributed by atoms with van der Waals surface area (Å²) in [6, 6.07) is 3.96. The molecule has 1 saturated heterocycles. The number of halogens is 2. The SMILES string of the molecule is Cc1noc(CN2CCN(C(=O)Nc3ccc(F)cc3Br)CC2)n1. The second-order valence-electron chi connectivity index (χ2n) is 5.55. The molecule has 0 saturated carbocycles. The predicted octanol–water partition coefficient (Wildman–Crippen LogP) is 2.63. The van der Waals surface area contributed by atoms with E-state index in [4.69, 9.17) is 4.52 Å². The number of carbonyl (C=O) groups excluding carboxylic acids is 1. The molecule has 2 amide bonds. The van der Waals surface area contributed by atoms with Crippen molar-refractivity contribution in [2.24, 2.45) is 0 Å². The average Bonchev–Trinajstić information content (AvgIpc) is 2.96. The van der Waals surface area contributed by atoms with Gasteiger partial charge in [-0.3, -0.25) is 4.90 Å². The van der Waals surface area contributed by atoms with Gasteiger partial charge in [0, 0.05) is 30.7 Å². The van der Waals surface area contributed by atoms with Crippen LogP contribution in [0.2, 0.25) is 0 Å². The highest BCUT2D eigenvalue weighted by atomic mass is 79.9. The molecule has 0 bridgehead atoms. The minimum Gasteiger partial charge on any atom is -0.338 e. The number of aromatic nitrogens is 2. The van der Waals surface area contributed by atoms with E-state index in [0.29, 0.717) is 41.5 Å². The summed E-state index contributed by atoms with van der Waals surface area (Å²) in [6.07, 6.45) is 0. The van der Waals surface area contributed by atoms with Crippen LogP contribution in [0, 0.1) is 12.7 Å². The second kappa shape index (κ2) is 7.27. The minimum atomic E-state index is -0.357. The molecule has 0 spiro atoms. The topological polar surface area (TPSA) is 74.5 Å². The van der Waals surface area contributed by atoms with Crippen molar-refractivity contribution in [1.82, 2.24) is 19.9 Å². The van der Waals surface area contributed by atoms with E-state index in [0.717, 1.165) is 13.1 Å². The highest BCUT2D eigenvalue weighted by Crippen LogP contribution is 2.23. The third-order valence-corrected chi connectivity index (χ3v) is 4.42. The standard InChI is InChI=1S/C15H17BrFN5O2/c1-10-18-14(24-20-10)9-21-4-6-22(7-5-21)15(23)19-13-3-2-11(17)8-12(13)16/h2-3,8H,4-7,9H2,1H3,(H,19,23). The number of hydrogen-bond acceptors (Lipinski definition) is 5. The molecule has 9 heteroatoms. The zero-order chi connectivity index (χ0) is 17.1. The molecule has 0 unspecified atom stereocenters. The summed E-state index contributed by atoms with van der Waals surface area (Å²) in [4.78, 5) is 20.4. The molecule has 2 heterocycles. The number of nitrogens with one attached hydrogen (secondary N) is 1. The molecule has 1 fully saturated rings. The molecule has 7 nitrogen and oxygen atoms in total. The number of amides is 2. The van der Waals surface area contributed by atoms with Gasteiger partial charge in [0.2, 0.25) is 5.89 Å². The van der Waals surface area contributed by atoms with Crippen LogP contribution in [-0.4, -0.2) is 52.2 Å². The van der Waals surface area contributed by atoms with Crippen LogP contribution in [0.25, 0.3) is 0 Å². The maximum atomic E-state index is 13.1. The molecule has 1 aromatic heterocycles. The lowest BCUT2D eigenvalue weighted by atomic mass is 10.3. The third-order valence-electron chi connectivity index (χ3n) is 3.76. The number of rotatable bonds is 3. The first-order chi connectivity index (χ1) is 11.5. The van der Waals surface area contributed by atoms with Crippen molar-refractivity contribution in [3.63, 3.8) is 0 Å². The van der Waals surface area contributed by atoms with Gasteiger partial charge in [-0.1, -0.05) is 5.16 Å². The van der Waals surface area contributed by atoms with E-state index in [1.165, 1.54) is 18.2 Å². The smallest absolute Gasteiger partial charge is 0.321 e. The van der Waals surface area contributed by atoms with Gasteiger partial charge >= 0.3 is 6.03 Å². The molecule has 1 aliphatic rings. The molecule has 1 N–H and O–H groups in total. The number of anilines is 1. The fraction of sp³-hybridized carbons (Fsp3) is 0.400. The quantitative estimate of drug-likeness (QED) is 0.861. The Kier molecular flexibility index (Phi) is 5.10. The number of piperazine rings is 1. The molecule has 0 radical (unpaired) electrons. The van der Waals surface area contributed by atoms with Crippen LogP contribution in [0.15, 0.2) is 27.2 Å². The Morgan fingerprint density at radius 1 is 1.38 bits per heavy atom. The Morgan fingerprint density at radius 3 is 2.75 bits per heavy atom. The molecule has 2 aromatic rings. The Morgan fingerprint density at radius 2 is 2.12 bits per heavy atom.